The third-order valence-electron chi connectivity index (χ3n) is 5.44. The SMILES string of the molecule is CC(C(=O)N1CCN(C(C)c2ccccc2Cl)CC1)C1CNC1.Cl.Cl. The van der Waals surface area contributed by atoms with Crippen molar-refractivity contribution in [2.24, 2.45) is 11.8 Å². The summed E-state index contributed by atoms with van der Waals surface area (Å²) in [6, 6.07) is 8.32. The van der Waals surface area contributed by atoms with Gasteiger partial charge in [-0.1, -0.05) is 36.7 Å². The minimum absolute atomic E-state index is 0. The van der Waals surface area contributed by atoms with Crippen LogP contribution >= 0.6 is 36.4 Å². The van der Waals surface area contributed by atoms with Crippen molar-refractivity contribution in [1.82, 2.24) is 15.1 Å². The van der Waals surface area contributed by atoms with Crippen LogP contribution in [0.2, 0.25) is 5.02 Å². The Morgan fingerprint density at radius 2 is 1.72 bits per heavy atom. The van der Waals surface area contributed by atoms with E-state index in [1.54, 1.807) is 0 Å². The topological polar surface area (TPSA) is 35.6 Å². The zero-order chi connectivity index (χ0) is 16.4. The summed E-state index contributed by atoms with van der Waals surface area (Å²) in [7, 11) is 0. The maximum atomic E-state index is 12.6. The molecular weight excluding hydrogens is 381 g/mol. The van der Waals surface area contributed by atoms with E-state index in [4.69, 9.17) is 11.6 Å². The number of hydrogen-bond donors (Lipinski definition) is 1. The van der Waals surface area contributed by atoms with E-state index in [-0.39, 0.29) is 36.8 Å². The molecule has 2 fully saturated rings. The molecule has 3 rings (SSSR count). The Morgan fingerprint density at radius 1 is 1.12 bits per heavy atom. The lowest BCUT2D eigenvalue weighted by Crippen LogP contribution is -2.54. The summed E-state index contributed by atoms with van der Waals surface area (Å²) in [4.78, 5) is 17.0. The van der Waals surface area contributed by atoms with Gasteiger partial charge in [0.25, 0.3) is 0 Å². The first-order chi connectivity index (χ1) is 11.1. The molecular formula is C18H28Cl3N3O. The van der Waals surface area contributed by atoms with Gasteiger partial charge < -0.3 is 10.2 Å². The summed E-state index contributed by atoms with van der Waals surface area (Å²) >= 11 is 6.32. The van der Waals surface area contributed by atoms with Crippen LogP contribution in [-0.2, 0) is 4.79 Å². The predicted octanol–water partition coefficient (Wildman–Crippen LogP) is 3.24. The molecule has 7 heteroatoms. The Hall–Kier alpha value is -0.520. The molecule has 0 aromatic heterocycles. The van der Waals surface area contributed by atoms with E-state index in [9.17, 15) is 4.79 Å². The van der Waals surface area contributed by atoms with Crippen LogP contribution in [-0.4, -0.2) is 55.0 Å². The zero-order valence-corrected chi connectivity index (χ0v) is 17.2. The van der Waals surface area contributed by atoms with Crippen molar-refractivity contribution in [3.8, 4) is 0 Å². The van der Waals surface area contributed by atoms with Gasteiger partial charge in [0.15, 0.2) is 0 Å². The molecule has 1 aromatic carbocycles. The number of rotatable bonds is 4. The average molecular weight is 409 g/mol. The van der Waals surface area contributed by atoms with Crippen molar-refractivity contribution in [1.29, 1.82) is 0 Å². The van der Waals surface area contributed by atoms with Gasteiger partial charge in [0.2, 0.25) is 5.91 Å². The number of carbonyl (C=O) groups excluding carboxylic acids is 1. The summed E-state index contributed by atoms with van der Waals surface area (Å²) in [5.41, 5.74) is 1.17. The Morgan fingerprint density at radius 3 is 2.24 bits per heavy atom. The van der Waals surface area contributed by atoms with E-state index >= 15 is 0 Å². The lowest BCUT2D eigenvalue weighted by atomic mass is 9.88. The Kier molecular flexibility index (Phi) is 8.99. The molecule has 2 atom stereocenters. The molecule has 1 aromatic rings. The summed E-state index contributed by atoms with van der Waals surface area (Å²) in [5.74, 6) is 0.980. The Bertz CT molecular complexity index is 560. The van der Waals surface area contributed by atoms with Gasteiger partial charge in [-0.2, -0.15) is 0 Å². The van der Waals surface area contributed by atoms with E-state index in [1.807, 2.05) is 23.1 Å². The largest absolute Gasteiger partial charge is 0.340 e. The number of carbonyl (C=O) groups is 1. The zero-order valence-electron chi connectivity index (χ0n) is 14.8. The minimum atomic E-state index is 0. The van der Waals surface area contributed by atoms with Crippen LogP contribution in [0, 0.1) is 11.8 Å². The van der Waals surface area contributed by atoms with Gasteiger partial charge in [-0.15, -0.1) is 24.8 Å². The van der Waals surface area contributed by atoms with E-state index in [0.29, 0.717) is 11.8 Å². The molecule has 25 heavy (non-hydrogen) atoms. The van der Waals surface area contributed by atoms with Crippen LogP contribution in [0.3, 0.4) is 0 Å². The van der Waals surface area contributed by atoms with Gasteiger partial charge in [-0.05, 0) is 37.6 Å². The van der Waals surface area contributed by atoms with Crippen LogP contribution in [0.15, 0.2) is 24.3 Å². The highest BCUT2D eigenvalue weighted by Crippen LogP contribution is 2.28. The molecule has 0 saturated carbocycles. The fourth-order valence-electron chi connectivity index (χ4n) is 3.49. The number of nitrogens with zero attached hydrogens (tertiary/aromatic N) is 2. The quantitative estimate of drug-likeness (QED) is 0.830. The van der Waals surface area contributed by atoms with Crippen molar-refractivity contribution >= 4 is 42.3 Å². The highest BCUT2D eigenvalue weighted by Gasteiger charge is 2.33. The van der Waals surface area contributed by atoms with Gasteiger partial charge in [0.1, 0.15) is 0 Å². The monoisotopic (exact) mass is 407 g/mol. The standard InChI is InChI=1S/C18H26ClN3O.2ClH/c1-13(15-11-20-12-15)18(23)22-9-7-21(8-10-22)14(2)16-5-3-4-6-17(16)19;;/h3-6,13-15,20H,7-12H2,1-2H3;2*1H. The van der Waals surface area contributed by atoms with E-state index in [0.717, 1.165) is 44.3 Å². The molecule has 4 nitrogen and oxygen atoms in total. The molecule has 0 radical (unpaired) electrons. The molecule has 2 heterocycles. The molecule has 2 saturated heterocycles. The molecule has 2 unspecified atom stereocenters. The number of piperazine rings is 1. The van der Waals surface area contributed by atoms with Gasteiger partial charge >= 0.3 is 0 Å². The molecule has 2 aliphatic heterocycles. The van der Waals surface area contributed by atoms with Crippen molar-refractivity contribution in [3.05, 3.63) is 34.9 Å². The second-order valence-corrected chi connectivity index (χ2v) is 7.17. The number of hydrogen-bond acceptors (Lipinski definition) is 3. The van der Waals surface area contributed by atoms with Gasteiger partial charge in [0, 0.05) is 43.2 Å². The van der Waals surface area contributed by atoms with Crippen molar-refractivity contribution < 1.29 is 4.79 Å². The summed E-state index contributed by atoms with van der Waals surface area (Å²) in [6.45, 7) is 9.69. The van der Waals surface area contributed by atoms with Gasteiger partial charge in [-0.25, -0.2) is 0 Å². The summed E-state index contributed by atoms with van der Waals surface area (Å²) in [5, 5.41) is 4.08. The highest BCUT2D eigenvalue weighted by molar-refractivity contribution is 6.31. The molecule has 0 spiro atoms. The maximum absolute atomic E-state index is 12.6. The summed E-state index contributed by atoms with van der Waals surface area (Å²) in [6.07, 6.45) is 0. The first kappa shape index (κ1) is 22.5. The smallest absolute Gasteiger partial charge is 0.225 e. The molecule has 0 bridgehead atoms. The summed E-state index contributed by atoms with van der Waals surface area (Å²) < 4.78 is 0. The van der Waals surface area contributed by atoms with Crippen molar-refractivity contribution in [2.45, 2.75) is 19.9 Å². The molecule has 0 aliphatic carbocycles. The molecule has 1 amide bonds. The number of nitrogens with one attached hydrogen (secondary N) is 1. The third kappa shape index (κ3) is 5.01. The first-order valence-corrected chi connectivity index (χ1v) is 8.93. The van der Waals surface area contributed by atoms with Crippen LogP contribution in [0.1, 0.15) is 25.5 Å². The van der Waals surface area contributed by atoms with Gasteiger partial charge in [-0.3, -0.25) is 9.69 Å². The molecule has 2 aliphatic rings. The van der Waals surface area contributed by atoms with Crippen LogP contribution in [0.4, 0.5) is 0 Å². The highest BCUT2D eigenvalue weighted by atomic mass is 35.5. The number of halogens is 3. The van der Waals surface area contributed by atoms with E-state index < -0.39 is 0 Å². The fourth-order valence-corrected chi connectivity index (χ4v) is 3.79. The molecule has 142 valence electrons. The second-order valence-electron chi connectivity index (χ2n) is 6.77. The van der Waals surface area contributed by atoms with Crippen molar-refractivity contribution in [3.63, 3.8) is 0 Å². The fraction of sp³-hybridized carbons (Fsp3) is 0.611. The predicted molar refractivity (Wildman–Crippen MR) is 108 cm³/mol. The minimum Gasteiger partial charge on any atom is -0.340 e. The van der Waals surface area contributed by atoms with Crippen molar-refractivity contribution in [2.75, 3.05) is 39.3 Å². The van der Waals surface area contributed by atoms with E-state index in [1.165, 1.54) is 5.56 Å². The third-order valence-corrected chi connectivity index (χ3v) is 5.78. The number of amides is 1. The molecule has 1 N–H and O–H groups in total. The van der Waals surface area contributed by atoms with Crippen LogP contribution in [0.5, 0.6) is 0 Å². The Labute approximate surface area is 168 Å². The lowest BCUT2D eigenvalue weighted by Gasteiger charge is -2.41. The van der Waals surface area contributed by atoms with E-state index in [2.05, 4.69) is 30.1 Å². The van der Waals surface area contributed by atoms with Gasteiger partial charge in [0.05, 0.1) is 0 Å². The second kappa shape index (κ2) is 9.98. The maximum Gasteiger partial charge on any atom is 0.225 e. The Balaban J connectivity index is 0.00000156. The number of benzene rings is 1. The normalized spacial score (nSPS) is 20.7. The average Bonchev–Trinajstić information content (AvgIpc) is 2.52. The first-order valence-electron chi connectivity index (χ1n) is 8.56. The van der Waals surface area contributed by atoms with Crippen LogP contribution in [0.25, 0.3) is 0 Å². The lowest BCUT2D eigenvalue weighted by molar-refractivity contribution is -0.139. The van der Waals surface area contributed by atoms with Crippen LogP contribution < -0.4 is 5.32 Å².